The van der Waals surface area contributed by atoms with Crippen LogP contribution in [0.2, 0.25) is 0 Å². The maximum absolute atomic E-state index is 13.2. The molecule has 21 heavy (non-hydrogen) atoms. The van der Waals surface area contributed by atoms with Crippen LogP contribution < -0.4 is 5.73 Å². The highest BCUT2D eigenvalue weighted by atomic mass is 35.5. The summed E-state index contributed by atoms with van der Waals surface area (Å²) in [6.45, 7) is 1.73. The van der Waals surface area contributed by atoms with Gasteiger partial charge in [-0.05, 0) is 30.7 Å². The normalized spacial score (nSPS) is 18.2. The lowest BCUT2D eigenvalue weighted by atomic mass is 10.1. The van der Waals surface area contributed by atoms with Gasteiger partial charge < -0.3 is 15.4 Å². The summed E-state index contributed by atoms with van der Waals surface area (Å²) < 4.78 is 31.7. The van der Waals surface area contributed by atoms with E-state index < -0.39 is 17.7 Å². The number of rotatable bonds is 4. The summed E-state index contributed by atoms with van der Waals surface area (Å²) in [7, 11) is 0. The predicted molar refractivity (Wildman–Crippen MR) is 77.2 cm³/mol. The zero-order chi connectivity index (χ0) is 14.5. The van der Waals surface area contributed by atoms with Crippen LogP contribution in [0.4, 0.5) is 8.78 Å². The first-order valence-electron chi connectivity index (χ1n) is 6.66. The molecule has 2 rings (SSSR count). The number of nitrogens with zero attached hydrogens (tertiary/aromatic N) is 1. The second-order valence-electron chi connectivity index (χ2n) is 4.76. The first-order chi connectivity index (χ1) is 9.61. The van der Waals surface area contributed by atoms with Crippen LogP contribution in [0, 0.1) is 11.6 Å². The van der Waals surface area contributed by atoms with Crippen LogP contribution in [0.1, 0.15) is 24.5 Å². The molecule has 7 heteroatoms. The maximum Gasteiger partial charge on any atom is 0.222 e. The smallest absolute Gasteiger partial charge is 0.222 e. The monoisotopic (exact) mass is 320 g/mol. The Morgan fingerprint density at radius 3 is 2.81 bits per heavy atom. The van der Waals surface area contributed by atoms with Crippen LogP contribution in [0.25, 0.3) is 0 Å². The SMILES string of the molecule is Cl.NCCCC(=O)N1CCOC(c2ccc(F)c(F)c2)C1. The lowest BCUT2D eigenvalue weighted by Gasteiger charge is -2.33. The van der Waals surface area contributed by atoms with Crippen LogP contribution in [0.5, 0.6) is 0 Å². The third kappa shape index (κ3) is 4.62. The summed E-state index contributed by atoms with van der Waals surface area (Å²) in [6, 6.07) is 3.67. The number of benzene rings is 1. The number of hydrogen-bond acceptors (Lipinski definition) is 3. The van der Waals surface area contributed by atoms with Crippen LogP contribution in [0.3, 0.4) is 0 Å². The van der Waals surface area contributed by atoms with Gasteiger partial charge in [-0.25, -0.2) is 8.78 Å². The van der Waals surface area contributed by atoms with Crippen molar-refractivity contribution in [1.29, 1.82) is 0 Å². The summed E-state index contributed by atoms with van der Waals surface area (Å²) in [6.07, 6.45) is 0.633. The van der Waals surface area contributed by atoms with Crippen molar-refractivity contribution in [3.05, 3.63) is 35.4 Å². The van der Waals surface area contributed by atoms with Crippen molar-refractivity contribution in [1.82, 2.24) is 4.90 Å². The van der Waals surface area contributed by atoms with Crippen molar-refractivity contribution in [3.8, 4) is 0 Å². The fourth-order valence-corrected chi connectivity index (χ4v) is 2.20. The van der Waals surface area contributed by atoms with Crippen LogP contribution in [-0.2, 0) is 9.53 Å². The molecule has 118 valence electrons. The number of amides is 1. The van der Waals surface area contributed by atoms with Gasteiger partial charge in [-0.1, -0.05) is 6.07 Å². The molecule has 0 aromatic heterocycles. The number of morpholine rings is 1. The van der Waals surface area contributed by atoms with E-state index in [9.17, 15) is 13.6 Å². The van der Waals surface area contributed by atoms with Gasteiger partial charge in [0.2, 0.25) is 5.91 Å². The van der Waals surface area contributed by atoms with E-state index in [2.05, 4.69) is 0 Å². The van der Waals surface area contributed by atoms with E-state index in [-0.39, 0.29) is 18.3 Å². The molecule has 1 aliphatic rings. The van der Waals surface area contributed by atoms with Crippen LogP contribution in [-0.4, -0.2) is 37.0 Å². The molecule has 0 spiro atoms. The van der Waals surface area contributed by atoms with E-state index in [0.29, 0.717) is 44.6 Å². The number of carbonyl (C=O) groups excluding carboxylic acids is 1. The second kappa shape index (κ2) is 8.26. The molecule has 0 saturated carbocycles. The summed E-state index contributed by atoms with van der Waals surface area (Å²) >= 11 is 0. The van der Waals surface area contributed by atoms with Gasteiger partial charge in [0.25, 0.3) is 0 Å². The Bertz CT molecular complexity index is 488. The highest BCUT2D eigenvalue weighted by Gasteiger charge is 2.25. The number of nitrogens with two attached hydrogens (primary N) is 1. The van der Waals surface area contributed by atoms with Gasteiger partial charge in [0.05, 0.1) is 13.2 Å². The lowest BCUT2D eigenvalue weighted by Crippen LogP contribution is -2.42. The van der Waals surface area contributed by atoms with Gasteiger partial charge in [-0.15, -0.1) is 12.4 Å². The molecule has 2 N–H and O–H groups in total. The fraction of sp³-hybridized carbons (Fsp3) is 0.500. The zero-order valence-corrected chi connectivity index (χ0v) is 12.4. The van der Waals surface area contributed by atoms with Crippen molar-refractivity contribution in [2.24, 2.45) is 5.73 Å². The molecule has 1 aromatic rings. The van der Waals surface area contributed by atoms with Crippen molar-refractivity contribution in [2.75, 3.05) is 26.2 Å². The quantitative estimate of drug-likeness (QED) is 0.923. The van der Waals surface area contributed by atoms with Crippen LogP contribution in [0.15, 0.2) is 18.2 Å². The second-order valence-corrected chi connectivity index (χ2v) is 4.76. The number of hydrogen-bond donors (Lipinski definition) is 1. The fourth-order valence-electron chi connectivity index (χ4n) is 2.20. The molecule has 1 heterocycles. The number of carbonyl (C=O) groups is 1. The minimum absolute atomic E-state index is 0. The molecule has 0 radical (unpaired) electrons. The Balaban J connectivity index is 0.00000220. The van der Waals surface area contributed by atoms with E-state index in [4.69, 9.17) is 10.5 Å². The molecule has 1 saturated heterocycles. The van der Waals surface area contributed by atoms with Gasteiger partial charge in [-0.3, -0.25) is 4.79 Å². The van der Waals surface area contributed by atoms with E-state index in [1.165, 1.54) is 6.07 Å². The predicted octanol–water partition coefficient (Wildman–Crippen LogP) is 2.03. The first kappa shape index (κ1) is 17.8. The molecule has 1 aliphatic heterocycles. The maximum atomic E-state index is 13.2. The van der Waals surface area contributed by atoms with Crippen LogP contribution >= 0.6 is 12.4 Å². The summed E-state index contributed by atoms with van der Waals surface area (Å²) in [4.78, 5) is 13.6. The highest BCUT2D eigenvalue weighted by molar-refractivity contribution is 5.85. The molecule has 1 aromatic carbocycles. The van der Waals surface area contributed by atoms with Gasteiger partial charge in [-0.2, -0.15) is 0 Å². The number of halogens is 3. The summed E-state index contributed by atoms with van der Waals surface area (Å²) in [5.41, 5.74) is 5.92. The molecule has 4 nitrogen and oxygen atoms in total. The highest BCUT2D eigenvalue weighted by Crippen LogP contribution is 2.24. The minimum atomic E-state index is -0.905. The molecule has 1 amide bonds. The Morgan fingerprint density at radius 2 is 2.14 bits per heavy atom. The third-order valence-electron chi connectivity index (χ3n) is 3.33. The Morgan fingerprint density at radius 1 is 1.38 bits per heavy atom. The van der Waals surface area contributed by atoms with Gasteiger partial charge >= 0.3 is 0 Å². The molecular weight excluding hydrogens is 302 g/mol. The van der Waals surface area contributed by atoms with Crippen molar-refractivity contribution >= 4 is 18.3 Å². The molecule has 1 fully saturated rings. The first-order valence-corrected chi connectivity index (χ1v) is 6.66. The molecule has 1 unspecified atom stereocenters. The van der Waals surface area contributed by atoms with Crippen molar-refractivity contribution in [2.45, 2.75) is 18.9 Å². The Hall–Kier alpha value is -1.24. The third-order valence-corrected chi connectivity index (χ3v) is 3.33. The largest absolute Gasteiger partial charge is 0.370 e. The van der Waals surface area contributed by atoms with E-state index in [0.717, 1.165) is 12.1 Å². The van der Waals surface area contributed by atoms with Gasteiger partial charge in [0.1, 0.15) is 6.10 Å². The van der Waals surface area contributed by atoms with E-state index >= 15 is 0 Å². The summed E-state index contributed by atoms with van der Waals surface area (Å²) in [5, 5.41) is 0. The summed E-state index contributed by atoms with van der Waals surface area (Å²) in [5.74, 6) is -1.77. The lowest BCUT2D eigenvalue weighted by molar-refractivity contribution is -0.139. The standard InChI is InChI=1S/C14H18F2N2O2.ClH/c15-11-4-3-10(8-12(11)16)13-9-18(6-7-20-13)14(19)2-1-5-17;/h3-4,8,13H,1-2,5-7,9,17H2;1H. The minimum Gasteiger partial charge on any atom is -0.370 e. The zero-order valence-electron chi connectivity index (χ0n) is 11.6. The molecule has 1 atom stereocenters. The topological polar surface area (TPSA) is 55.6 Å². The molecule has 0 aliphatic carbocycles. The van der Waals surface area contributed by atoms with Gasteiger partial charge in [0.15, 0.2) is 11.6 Å². The van der Waals surface area contributed by atoms with Gasteiger partial charge in [0, 0.05) is 13.0 Å². The van der Waals surface area contributed by atoms with Crippen molar-refractivity contribution < 1.29 is 18.3 Å². The molecular formula is C14H19ClF2N2O2. The average Bonchev–Trinajstić information content (AvgIpc) is 2.47. The van der Waals surface area contributed by atoms with E-state index in [1.54, 1.807) is 4.90 Å². The molecule has 0 bridgehead atoms. The Kier molecular flexibility index (Phi) is 7.01. The average molecular weight is 321 g/mol. The van der Waals surface area contributed by atoms with Crippen molar-refractivity contribution in [3.63, 3.8) is 0 Å². The van der Waals surface area contributed by atoms with E-state index in [1.807, 2.05) is 0 Å². The number of ether oxygens (including phenoxy) is 1. The Labute approximate surface area is 128 Å².